The van der Waals surface area contributed by atoms with Gasteiger partial charge in [0, 0.05) is 21.0 Å². The lowest BCUT2D eigenvalue weighted by atomic mass is 9.95. The highest BCUT2D eigenvalue weighted by molar-refractivity contribution is 7.91. The Kier molecular flexibility index (Phi) is 5.77. The predicted molar refractivity (Wildman–Crippen MR) is 130 cm³/mol. The summed E-state index contributed by atoms with van der Waals surface area (Å²) in [5, 5.41) is 7.57. The summed E-state index contributed by atoms with van der Waals surface area (Å²) in [6.45, 7) is 0. The van der Waals surface area contributed by atoms with Gasteiger partial charge in [-0.3, -0.25) is 9.59 Å². The van der Waals surface area contributed by atoms with E-state index in [0.29, 0.717) is 26.9 Å². The molecule has 3 heterocycles. The number of hydrogen-bond acceptors (Lipinski definition) is 6. The van der Waals surface area contributed by atoms with Gasteiger partial charge in [-0.15, -0.1) is 22.7 Å². The van der Waals surface area contributed by atoms with Crippen molar-refractivity contribution in [3.05, 3.63) is 50.2 Å². The van der Waals surface area contributed by atoms with Crippen molar-refractivity contribution in [3.63, 3.8) is 0 Å². The minimum atomic E-state index is -3.11. The number of sulfone groups is 1. The van der Waals surface area contributed by atoms with Crippen LogP contribution in [0.2, 0.25) is 5.02 Å². The van der Waals surface area contributed by atoms with Crippen LogP contribution in [-0.2, 0) is 22.7 Å². The molecule has 0 bridgehead atoms. The number of benzene rings is 1. The highest BCUT2D eigenvalue weighted by atomic mass is 35.5. The van der Waals surface area contributed by atoms with Crippen LogP contribution < -0.4 is 10.6 Å². The number of hydrogen-bond donors (Lipinski definition) is 2. The standard InChI is InChI=1S/C22H21ClN2O4S3/c23-18-14-6-2-4-8-16(14)30-19(18)21(27)25-22-17(13-5-1-3-7-15(13)31-22)20(26)24-12-9-10-32(28,29)11-12/h2,4,6,8,12H,1,3,5,7,9-11H2,(H,24,26)(H,25,27). The van der Waals surface area contributed by atoms with Gasteiger partial charge in [-0.1, -0.05) is 29.8 Å². The molecular formula is C22H21ClN2O4S3. The van der Waals surface area contributed by atoms with E-state index >= 15 is 0 Å². The molecule has 1 aliphatic carbocycles. The smallest absolute Gasteiger partial charge is 0.267 e. The summed E-state index contributed by atoms with van der Waals surface area (Å²) in [5.41, 5.74) is 1.44. The van der Waals surface area contributed by atoms with Crippen molar-refractivity contribution >= 4 is 71.0 Å². The van der Waals surface area contributed by atoms with Gasteiger partial charge in [0.25, 0.3) is 11.8 Å². The molecule has 6 nitrogen and oxygen atoms in total. The van der Waals surface area contributed by atoms with Crippen LogP contribution in [0.25, 0.3) is 10.1 Å². The third kappa shape index (κ3) is 4.07. The lowest BCUT2D eigenvalue weighted by Crippen LogP contribution is -2.36. The lowest BCUT2D eigenvalue weighted by molar-refractivity contribution is 0.0941. The largest absolute Gasteiger partial charge is 0.348 e. The van der Waals surface area contributed by atoms with E-state index < -0.39 is 15.9 Å². The molecule has 2 aromatic heterocycles. The summed E-state index contributed by atoms with van der Waals surface area (Å²) in [6, 6.07) is 7.18. The van der Waals surface area contributed by atoms with Crippen molar-refractivity contribution in [2.75, 3.05) is 16.8 Å². The summed E-state index contributed by atoms with van der Waals surface area (Å²) in [7, 11) is -3.11. The average Bonchev–Trinajstić information content (AvgIpc) is 3.40. The molecule has 2 N–H and O–H groups in total. The molecule has 0 spiro atoms. The van der Waals surface area contributed by atoms with Gasteiger partial charge in [0.05, 0.1) is 22.1 Å². The number of anilines is 1. The molecule has 0 saturated carbocycles. The van der Waals surface area contributed by atoms with Crippen LogP contribution in [0.3, 0.4) is 0 Å². The Bertz CT molecular complexity index is 1340. The number of fused-ring (bicyclic) bond motifs is 2. The number of halogens is 1. The van der Waals surface area contributed by atoms with E-state index in [-0.39, 0.29) is 23.3 Å². The summed E-state index contributed by atoms with van der Waals surface area (Å²) >= 11 is 9.23. The minimum Gasteiger partial charge on any atom is -0.348 e. The van der Waals surface area contributed by atoms with Crippen molar-refractivity contribution in [1.29, 1.82) is 0 Å². The molecule has 1 unspecified atom stereocenters. The third-order valence-electron chi connectivity index (χ3n) is 5.93. The Hall–Kier alpha value is -1.94. The van der Waals surface area contributed by atoms with Crippen molar-refractivity contribution in [2.24, 2.45) is 0 Å². The molecule has 32 heavy (non-hydrogen) atoms. The van der Waals surface area contributed by atoms with Gasteiger partial charge in [-0.25, -0.2) is 8.42 Å². The SMILES string of the molecule is O=C(Nc1sc2c(c1C(=O)NC1CCS(=O)(=O)C1)CCCC2)c1sc2ccccc2c1Cl. The lowest BCUT2D eigenvalue weighted by Gasteiger charge is -2.15. The van der Waals surface area contributed by atoms with Crippen LogP contribution in [0.5, 0.6) is 0 Å². The molecule has 2 amide bonds. The fourth-order valence-electron chi connectivity index (χ4n) is 4.38. The van der Waals surface area contributed by atoms with Gasteiger partial charge in [-0.2, -0.15) is 0 Å². The Morgan fingerprint density at radius 1 is 1.06 bits per heavy atom. The summed E-state index contributed by atoms with van der Waals surface area (Å²) in [6.07, 6.45) is 4.09. The zero-order chi connectivity index (χ0) is 22.5. The first-order chi connectivity index (χ1) is 15.3. The van der Waals surface area contributed by atoms with Crippen LogP contribution in [0.1, 0.15) is 49.7 Å². The number of nitrogens with one attached hydrogen (secondary N) is 2. The van der Waals surface area contributed by atoms with Crippen LogP contribution in [-0.4, -0.2) is 37.8 Å². The second-order valence-corrected chi connectivity index (χ2v) is 12.9. The van der Waals surface area contributed by atoms with Gasteiger partial charge >= 0.3 is 0 Å². The van der Waals surface area contributed by atoms with Crippen LogP contribution >= 0.6 is 34.3 Å². The van der Waals surface area contributed by atoms with Gasteiger partial charge in [0.1, 0.15) is 9.88 Å². The molecular weight excluding hydrogens is 488 g/mol. The summed E-state index contributed by atoms with van der Waals surface area (Å²) in [4.78, 5) is 27.9. The number of thiophene rings is 2. The maximum Gasteiger partial charge on any atom is 0.267 e. The molecule has 3 aromatic rings. The highest BCUT2D eigenvalue weighted by Gasteiger charge is 2.32. The number of rotatable bonds is 4. The minimum absolute atomic E-state index is 0.0375. The van der Waals surface area contributed by atoms with Gasteiger partial charge < -0.3 is 10.6 Å². The zero-order valence-electron chi connectivity index (χ0n) is 17.1. The van der Waals surface area contributed by atoms with Gasteiger partial charge in [0.2, 0.25) is 0 Å². The normalized spacial score (nSPS) is 19.6. The molecule has 5 rings (SSSR count). The van der Waals surface area contributed by atoms with E-state index in [2.05, 4.69) is 10.6 Å². The Labute approximate surface area is 198 Å². The first-order valence-corrected chi connectivity index (χ1v) is 14.3. The molecule has 168 valence electrons. The van der Waals surface area contributed by atoms with E-state index in [1.807, 2.05) is 24.3 Å². The fraction of sp³-hybridized carbons (Fsp3) is 0.364. The monoisotopic (exact) mass is 508 g/mol. The van der Waals surface area contributed by atoms with Gasteiger partial charge in [-0.05, 0) is 43.7 Å². The number of aryl methyl sites for hydroxylation is 1. The first kappa shape index (κ1) is 21.9. The molecule has 1 atom stereocenters. The average molecular weight is 509 g/mol. The highest BCUT2D eigenvalue weighted by Crippen LogP contribution is 2.40. The van der Waals surface area contributed by atoms with E-state index in [1.165, 1.54) is 22.7 Å². The van der Waals surface area contributed by atoms with Crippen molar-refractivity contribution in [1.82, 2.24) is 5.32 Å². The summed E-state index contributed by atoms with van der Waals surface area (Å²) < 4.78 is 24.5. The zero-order valence-corrected chi connectivity index (χ0v) is 20.3. The number of amides is 2. The molecule has 1 saturated heterocycles. The van der Waals surface area contributed by atoms with Crippen LogP contribution in [0.4, 0.5) is 5.00 Å². The van der Waals surface area contributed by atoms with Crippen LogP contribution in [0, 0.1) is 0 Å². The Morgan fingerprint density at radius 3 is 2.59 bits per heavy atom. The van der Waals surface area contributed by atoms with Gasteiger partial charge in [0.15, 0.2) is 9.84 Å². The second-order valence-electron chi connectivity index (χ2n) is 8.18. The quantitative estimate of drug-likeness (QED) is 0.536. The van der Waals surface area contributed by atoms with Crippen molar-refractivity contribution in [3.8, 4) is 0 Å². The topological polar surface area (TPSA) is 92.3 Å². The van der Waals surface area contributed by atoms with Crippen LogP contribution in [0.15, 0.2) is 24.3 Å². The maximum absolute atomic E-state index is 13.2. The van der Waals surface area contributed by atoms with E-state index in [0.717, 1.165) is 46.2 Å². The molecule has 2 aliphatic rings. The van der Waals surface area contributed by atoms with E-state index in [1.54, 1.807) is 0 Å². The molecule has 0 radical (unpaired) electrons. The Balaban J connectivity index is 1.45. The fourth-order valence-corrected chi connectivity index (χ4v) is 8.75. The molecule has 1 fully saturated rings. The van der Waals surface area contributed by atoms with E-state index in [9.17, 15) is 18.0 Å². The summed E-state index contributed by atoms with van der Waals surface area (Å²) in [5.74, 6) is -0.603. The molecule has 10 heteroatoms. The molecule has 1 aromatic carbocycles. The van der Waals surface area contributed by atoms with Crippen molar-refractivity contribution < 1.29 is 18.0 Å². The maximum atomic E-state index is 13.2. The molecule has 1 aliphatic heterocycles. The van der Waals surface area contributed by atoms with E-state index in [4.69, 9.17) is 11.6 Å². The Morgan fingerprint density at radius 2 is 1.84 bits per heavy atom. The second kappa shape index (κ2) is 8.44. The first-order valence-electron chi connectivity index (χ1n) is 10.5. The van der Waals surface area contributed by atoms with Crippen molar-refractivity contribution in [2.45, 2.75) is 38.1 Å². The third-order valence-corrected chi connectivity index (χ3v) is 10.6. The predicted octanol–water partition coefficient (Wildman–Crippen LogP) is 4.66. The number of carbonyl (C=O) groups is 2. The number of carbonyl (C=O) groups excluding carboxylic acids is 2.